The Morgan fingerprint density at radius 3 is 1.25 bits per heavy atom. The normalized spacial score (nSPS) is 10.7. The molecule has 4 rings (SSSR count). The molecule has 0 aliphatic heterocycles. The van der Waals surface area contributed by atoms with Gasteiger partial charge < -0.3 is 11.5 Å². The van der Waals surface area contributed by atoms with E-state index in [0.717, 1.165) is 21.2 Å². The molecule has 4 N–H and O–H groups in total. The predicted octanol–water partition coefficient (Wildman–Crippen LogP) is 6.98. The van der Waals surface area contributed by atoms with Gasteiger partial charge >= 0.3 is 0 Å². The Morgan fingerprint density at radius 2 is 0.857 bits per heavy atom. The van der Waals surface area contributed by atoms with Gasteiger partial charge in [-0.3, -0.25) is 0 Å². The molecule has 4 aromatic rings. The van der Waals surface area contributed by atoms with Crippen molar-refractivity contribution >= 4 is 33.0 Å². The van der Waals surface area contributed by atoms with E-state index in [0.29, 0.717) is 0 Å². The molecule has 0 atom stereocenters. The van der Waals surface area contributed by atoms with E-state index in [1.807, 2.05) is 36.4 Å². The molecule has 0 spiro atoms. The molecular weight excluding hydrogens is 380 g/mol. The van der Waals surface area contributed by atoms with Crippen LogP contribution in [-0.2, 0) is 0 Å². The van der Waals surface area contributed by atoms with Gasteiger partial charge in [0.25, 0.3) is 0 Å². The first kappa shape index (κ1) is 18.5. The lowest BCUT2D eigenvalue weighted by atomic mass is 10.1. The van der Waals surface area contributed by atoms with Crippen LogP contribution in [0.25, 0.3) is 22.3 Å². The minimum absolute atomic E-state index is 0.763. The SMILES string of the molecule is Nc1ccc(-c2ccccc2)c(SSc2cc(N)ccc2-c2ccccc2)c1. The first-order chi connectivity index (χ1) is 13.7. The third-order valence-corrected chi connectivity index (χ3v) is 6.85. The molecule has 0 radical (unpaired) electrons. The van der Waals surface area contributed by atoms with Gasteiger partial charge in [0, 0.05) is 21.2 Å². The molecule has 138 valence electrons. The third kappa shape index (κ3) is 4.19. The van der Waals surface area contributed by atoms with Crippen molar-refractivity contribution in [1.82, 2.24) is 0 Å². The minimum Gasteiger partial charge on any atom is -0.399 e. The molecule has 0 unspecified atom stereocenters. The summed E-state index contributed by atoms with van der Waals surface area (Å²) in [5.74, 6) is 0. The van der Waals surface area contributed by atoms with Gasteiger partial charge in [-0.25, -0.2) is 0 Å². The number of hydrogen-bond donors (Lipinski definition) is 2. The first-order valence-corrected chi connectivity index (χ1v) is 11.1. The Bertz CT molecular complexity index is 991. The highest BCUT2D eigenvalue weighted by Crippen LogP contribution is 2.46. The van der Waals surface area contributed by atoms with Gasteiger partial charge in [-0.15, -0.1) is 0 Å². The summed E-state index contributed by atoms with van der Waals surface area (Å²) < 4.78 is 0. The summed E-state index contributed by atoms with van der Waals surface area (Å²) in [4.78, 5) is 2.27. The van der Waals surface area contributed by atoms with E-state index in [1.54, 1.807) is 21.6 Å². The molecule has 4 aromatic carbocycles. The molecule has 0 saturated heterocycles. The van der Waals surface area contributed by atoms with Crippen molar-refractivity contribution < 1.29 is 0 Å². The summed E-state index contributed by atoms with van der Waals surface area (Å²) in [7, 11) is 3.42. The van der Waals surface area contributed by atoms with Crippen LogP contribution in [0.1, 0.15) is 0 Å². The van der Waals surface area contributed by atoms with Crippen LogP contribution in [0.15, 0.2) is 107 Å². The third-order valence-electron chi connectivity index (χ3n) is 4.40. The van der Waals surface area contributed by atoms with E-state index in [9.17, 15) is 0 Å². The van der Waals surface area contributed by atoms with Gasteiger partial charge in [0.15, 0.2) is 0 Å². The van der Waals surface area contributed by atoms with Crippen LogP contribution in [0, 0.1) is 0 Å². The van der Waals surface area contributed by atoms with Crippen molar-refractivity contribution in [2.75, 3.05) is 11.5 Å². The van der Waals surface area contributed by atoms with E-state index in [2.05, 4.69) is 60.7 Å². The van der Waals surface area contributed by atoms with Crippen LogP contribution in [0.4, 0.5) is 11.4 Å². The summed E-state index contributed by atoms with van der Waals surface area (Å²) >= 11 is 0. The van der Waals surface area contributed by atoms with Gasteiger partial charge in [0.2, 0.25) is 0 Å². The van der Waals surface area contributed by atoms with Crippen molar-refractivity contribution in [3.63, 3.8) is 0 Å². The Morgan fingerprint density at radius 1 is 0.464 bits per heavy atom. The van der Waals surface area contributed by atoms with E-state index in [-0.39, 0.29) is 0 Å². The number of nitrogens with two attached hydrogens (primary N) is 2. The standard InChI is InChI=1S/C24H20N2S2/c25-19-11-13-21(17-7-3-1-4-8-17)23(15-19)27-28-24-16-20(26)12-14-22(24)18-9-5-2-6-10-18/h1-16H,25-26H2. The van der Waals surface area contributed by atoms with Gasteiger partial charge in [0.05, 0.1) is 0 Å². The molecule has 0 aromatic heterocycles. The molecule has 4 heteroatoms. The van der Waals surface area contributed by atoms with Crippen molar-refractivity contribution in [3.8, 4) is 22.3 Å². The van der Waals surface area contributed by atoms with Crippen molar-refractivity contribution in [1.29, 1.82) is 0 Å². The fourth-order valence-corrected chi connectivity index (χ4v) is 5.48. The highest BCUT2D eigenvalue weighted by atomic mass is 33.1. The summed E-state index contributed by atoms with van der Waals surface area (Å²) in [6.45, 7) is 0. The summed E-state index contributed by atoms with van der Waals surface area (Å²) in [5.41, 5.74) is 18.4. The van der Waals surface area contributed by atoms with Crippen LogP contribution in [0.3, 0.4) is 0 Å². The molecular formula is C24H20N2S2. The fourth-order valence-electron chi connectivity index (χ4n) is 3.02. The van der Waals surface area contributed by atoms with Crippen LogP contribution >= 0.6 is 21.6 Å². The zero-order chi connectivity index (χ0) is 19.3. The molecule has 0 amide bonds. The summed E-state index contributed by atoms with van der Waals surface area (Å²) in [5, 5.41) is 0. The zero-order valence-corrected chi connectivity index (χ0v) is 16.8. The lowest BCUT2D eigenvalue weighted by Crippen LogP contribution is -1.89. The Labute approximate surface area is 173 Å². The molecule has 0 aliphatic carbocycles. The highest BCUT2D eigenvalue weighted by molar-refractivity contribution is 8.76. The second kappa shape index (κ2) is 8.46. The van der Waals surface area contributed by atoms with Gasteiger partial charge in [-0.2, -0.15) is 0 Å². The van der Waals surface area contributed by atoms with Crippen LogP contribution in [-0.4, -0.2) is 0 Å². The fraction of sp³-hybridized carbons (Fsp3) is 0. The van der Waals surface area contributed by atoms with Crippen molar-refractivity contribution in [3.05, 3.63) is 97.1 Å². The number of rotatable bonds is 5. The van der Waals surface area contributed by atoms with Crippen LogP contribution in [0.2, 0.25) is 0 Å². The maximum absolute atomic E-state index is 6.08. The molecule has 2 nitrogen and oxygen atoms in total. The highest BCUT2D eigenvalue weighted by Gasteiger charge is 2.11. The minimum atomic E-state index is 0.763. The lowest BCUT2D eigenvalue weighted by Gasteiger charge is -2.13. The van der Waals surface area contributed by atoms with Crippen molar-refractivity contribution in [2.24, 2.45) is 0 Å². The summed E-state index contributed by atoms with van der Waals surface area (Å²) in [6.07, 6.45) is 0. The first-order valence-electron chi connectivity index (χ1n) is 8.95. The Balaban J connectivity index is 1.68. The Hall–Kier alpha value is -2.82. The molecule has 0 fully saturated rings. The second-order valence-electron chi connectivity index (χ2n) is 6.41. The molecule has 28 heavy (non-hydrogen) atoms. The molecule has 0 bridgehead atoms. The van der Waals surface area contributed by atoms with Gasteiger partial charge in [-0.1, -0.05) is 94.4 Å². The molecule has 0 heterocycles. The lowest BCUT2D eigenvalue weighted by molar-refractivity contribution is 1.44. The number of nitrogen functional groups attached to an aromatic ring is 2. The monoisotopic (exact) mass is 400 g/mol. The quantitative estimate of drug-likeness (QED) is 0.280. The van der Waals surface area contributed by atoms with Crippen LogP contribution < -0.4 is 11.5 Å². The van der Waals surface area contributed by atoms with E-state index in [1.165, 1.54) is 22.3 Å². The largest absolute Gasteiger partial charge is 0.399 e. The van der Waals surface area contributed by atoms with Crippen molar-refractivity contribution in [2.45, 2.75) is 9.79 Å². The molecule has 0 aliphatic rings. The number of benzene rings is 4. The predicted molar refractivity (Wildman–Crippen MR) is 124 cm³/mol. The zero-order valence-electron chi connectivity index (χ0n) is 15.2. The summed E-state index contributed by atoms with van der Waals surface area (Å²) in [6, 6.07) is 32.9. The van der Waals surface area contributed by atoms with Gasteiger partial charge in [-0.05, 0) is 46.5 Å². The maximum atomic E-state index is 6.08. The second-order valence-corrected chi connectivity index (χ2v) is 8.62. The van der Waals surface area contributed by atoms with Crippen LogP contribution in [0.5, 0.6) is 0 Å². The smallest absolute Gasteiger partial charge is 0.0325 e. The Kier molecular flexibility index (Phi) is 5.60. The average Bonchev–Trinajstić information content (AvgIpc) is 2.74. The van der Waals surface area contributed by atoms with E-state index >= 15 is 0 Å². The topological polar surface area (TPSA) is 52.0 Å². The number of anilines is 2. The van der Waals surface area contributed by atoms with E-state index < -0.39 is 0 Å². The maximum Gasteiger partial charge on any atom is 0.0325 e. The number of hydrogen-bond acceptors (Lipinski definition) is 4. The molecule has 0 saturated carbocycles. The van der Waals surface area contributed by atoms with Gasteiger partial charge in [0.1, 0.15) is 0 Å². The average molecular weight is 401 g/mol. The van der Waals surface area contributed by atoms with E-state index in [4.69, 9.17) is 11.5 Å².